The van der Waals surface area contributed by atoms with Gasteiger partial charge in [0.2, 0.25) is 0 Å². The first-order valence-corrected chi connectivity index (χ1v) is 7.10. The summed E-state index contributed by atoms with van der Waals surface area (Å²) in [5.41, 5.74) is 10.7. The van der Waals surface area contributed by atoms with Gasteiger partial charge in [0.25, 0.3) is 0 Å². The van der Waals surface area contributed by atoms with Crippen molar-refractivity contribution in [2.45, 2.75) is 19.9 Å². The van der Waals surface area contributed by atoms with Crippen molar-refractivity contribution in [3.63, 3.8) is 0 Å². The van der Waals surface area contributed by atoms with Crippen LogP contribution in [0.15, 0.2) is 30.3 Å². The lowest BCUT2D eigenvalue weighted by atomic mass is 9.94. The Bertz CT molecular complexity index is 655. The van der Waals surface area contributed by atoms with Crippen LogP contribution in [0.2, 0.25) is 5.02 Å². The molecule has 0 fully saturated rings. The summed E-state index contributed by atoms with van der Waals surface area (Å²) in [6, 6.07) is 9.67. The molecule has 0 amide bonds. The monoisotopic (exact) mass is 305 g/mol. The summed E-state index contributed by atoms with van der Waals surface area (Å²) < 4.78 is 10.6. The first-order chi connectivity index (χ1) is 9.97. The van der Waals surface area contributed by atoms with Gasteiger partial charge in [-0.1, -0.05) is 35.4 Å². The van der Waals surface area contributed by atoms with Crippen molar-refractivity contribution in [1.29, 1.82) is 0 Å². The zero-order chi connectivity index (χ0) is 15.6. The Kier molecular flexibility index (Phi) is 4.76. The SMILES string of the molecule is COc1cc(C(N)c2ccc(C)cc2C)cc(Cl)c1OC. The number of benzene rings is 2. The third-order valence-electron chi connectivity index (χ3n) is 3.58. The number of hydrogen-bond donors (Lipinski definition) is 1. The van der Waals surface area contributed by atoms with E-state index in [0.717, 1.165) is 16.7 Å². The molecule has 3 nitrogen and oxygen atoms in total. The molecule has 0 radical (unpaired) electrons. The average molecular weight is 306 g/mol. The molecule has 21 heavy (non-hydrogen) atoms. The second-order valence-corrected chi connectivity index (χ2v) is 5.48. The minimum atomic E-state index is -0.261. The van der Waals surface area contributed by atoms with Gasteiger partial charge in [0, 0.05) is 0 Å². The second kappa shape index (κ2) is 6.37. The first kappa shape index (κ1) is 15.7. The van der Waals surface area contributed by atoms with Crippen molar-refractivity contribution in [2.75, 3.05) is 14.2 Å². The summed E-state index contributed by atoms with van der Waals surface area (Å²) in [5.74, 6) is 1.11. The highest BCUT2D eigenvalue weighted by Crippen LogP contribution is 2.38. The molecule has 0 aliphatic carbocycles. The van der Waals surface area contributed by atoms with E-state index in [9.17, 15) is 0 Å². The van der Waals surface area contributed by atoms with Crippen molar-refractivity contribution < 1.29 is 9.47 Å². The fraction of sp³-hybridized carbons (Fsp3) is 0.294. The Labute approximate surface area is 130 Å². The number of nitrogens with two attached hydrogens (primary N) is 1. The topological polar surface area (TPSA) is 44.5 Å². The van der Waals surface area contributed by atoms with E-state index in [1.54, 1.807) is 14.2 Å². The summed E-state index contributed by atoms with van der Waals surface area (Å²) in [6.45, 7) is 4.13. The smallest absolute Gasteiger partial charge is 0.179 e. The molecule has 0 aliphatic heterocycles. The highest BCUT2D eigenvalue weighted by Gasteiger charge is 2.17. The third kappa shape index (κ3) is 3.14. The van der Waals surface area contributed by atoms with Crippen molar-refractivity contribution in [1.82, 2.24) is 0 Å². The van der Waals surface area contributed by atoms with Crippen LogP contribution >= 0.6 is 11.6 Å². The summed E-state index contributed by atoms with van der Waals surface area (Å²) >= 11 is 6.25. The number of aryl methyl sites for hydroxylation is 2. The van der Waals surface area contributed by atoms with Crippen molar-refractivity contribution >= 4 is 11.6 Å². The van der Waals surface area contributed by atoms with E-state index in [4.69, 9.17) is 26.8 Å². The number of halogens is 1. The van der Waals surface area contributed by atoms with E-state index in [2.05, 4.69) is 32.0 Å². The number of methoxy groups -OCH3 is 2. The van der Waals surface area contributed by atoms with Crippen LogP contribution in [0.5, 0.6) is 11.5 Å². The molecule has 2 N–H and O–H groups in total. The van der Waals surface area contributed by atoms with Gasteiger partial charge >= 0.3 is 0 Å². The van der Waals surface area contributed by atoms with Gasteiger partial charge in [-0.25, -0.2) is 0 Å². The number of hydrogen-bond acceptors (Lipinski definition) is 3. The summed E-state index contributed by atoms with van der Waals surface area (Å²) in [7, 11) is 3.15. The molecule has 1 atom stereocenters. The Balaban J connectivity index is 2.48. The highest BCUT2D eigenvalue weighted by molar-refractivity contribution is 6.32. The van der Waals surface area contributed by atoms with Gasteiger partial charge in [-0.3, -0.25) is 0 Å². The van der Waals surface area contributed by atoms with Crippen LogP contribution < -0.4 is 15.2 Å². The number of rotatable bonds is 4. The normalized spacial score (nSPS) is 12.1. The molecule has 0 aliphatic rings. The van der Waals surface area contributed by atoms with Crippen LogP contribution in [0.4, 0.5) is 0 Å². The van der Waals surface area contributed by atoms with E-state index >= 15 is 0 Å². The van der Waals surface area contributed by atoms with Gasteiger partial charge in [-0.15, -0.1) is 0 Å². The van der Waals surface area contributed by atoms with Crippen LogP contribution in [0.3, 0.4) is 0 Å². The van der Waals surface area contributed by atoms with Gasteiger partial charge in [0.15, 0.2) is 11.5 Å². The van der Waals surface area contributed by atoms with Crippen LogP contribution in [0, 0.1) is 13.8 Å². The zero-order valence-electron chi connectivity index (χ0n) is 12.7. The van der Waals surface area contributed by atoms with E-state index in [1.165, 1.54) is 5.56 Å². The predicted octanol–water partition coefficient (Wildman–Crippen LogP) is 4.02. The lowest BCUT2D eigenvalue weighted by Gasteiger charge is -2.18. The van der Waals surface area contributed by atoms with Gasteiger partial charge < -0.3 is 15.2 Å². The Morgan fingerprint density at radius 3 is 2.33 bits per heavy atom. The predicted molar refractivity (Wildman–Crippen MR) is 86.5 cm³/mol. The van der Waals surface area contributed by atoms with Gasteiger partial charge in [-0.05, 0) is 42.7 Å². The standard InChI is InChI=1S/C17H20ClNO2/c1-10-5-6-13(11(2)7-10)16(19)12-8-14(18)17(21-4)15(9-12)20-3/h5-9,16H,19H2,1-4H3. The lowest BCUT2D eigenvalue weighted by Crippen LogP contribution is -2.13. The van der Waals surface area contributed by atoms with E-state index < -0.39 is 0 Å². The molecule has 2 aromatic rings. The second-order valence-electron chi connectivity index (χ2n) is 5.08. The largest absolute Gasteiger partial charge is 0.493 e. The van der Waals surface area contributed by atoms with Crippen molar-refractivity contribution in [3.8, 4) is 11.5 Å². The maximum Gasteiger partial charge on any atom is 0.179 e. The molecule has 1 unspecified atom stereocenters. The molecular weight excluding hydrogens is 286 g/mol. The highest BCUT2D eigenvalue weighted by atomic mass is 35.5. The minimum absolute atomic E-state index is 0.261. The Morgan fingerprint density at radius 2 is 1.76 bits per heavy atom. The molecule has 0 saturated heterocycles. The fourth-order valence-electron chi connectivity index (χ4n) is 2.47. The molecule has 2 rings (SSSR count). The summed E-state index contributed by atoms with van der Waals surface area (Å²) in [5, 5.41) is 0.493. The first-order valence-electron chi connectivity index (χ1n) is 6.72. The van der Waals surface area contributed by atoms with Crippen molar-refractivity contribution in [2.24, 2.45) is 5.73 Å². The van der Waals surface area contributed by atoms with Crippen LogP contribution in [-0.2, 0) is 0 Å². The molecule has 0 saturated carbocycles. The quantitative estimate of drug-likeness (QED) is 0.928. The average Bonchev–Trinajstić information content (AvgIpc) is 2.45. The Morgan fingerprint density at radius 1 is 1.05 bits per heavy atom. The van der Waals surface area contributed by atoms with Gasteiger partial charge in [-0.2, -0.15) is 0 Å². The van der Waals surface area contributed by atoms with E-state index in [1.807, 2.05) is 12.1 Å². The maximum atomic E-state index is 6.40. The number of ether oxygens (including phenoxy) is 2. The molecule has 0 aromatic heterocycles. The van der Waals surface area contributed by atoms with Gasteiger partial charge in [0.05, 0.1) is 25.3 Å². The van der Waals surface area contributed by atoms with Crippen LogP contribution in [0.25, 0.3) is 0 Å². The summed E-state index contributed by atoms with van der Waals surface area (Å²) in [6.07, 6.45) is 0. The van der Waals surface area contributed by atoms with Gasteiger partial charge in [0.1, 0.15) is 0 Å². The molecule has 4 heteroatoms. The molecule has 0 heterocycles. The minimum Gasteiger partial charge on any atom is -0.493 e. The fourth-order valence-corrected chi connectivity index (χ4v) is 2.77. The van der Waals surface area contributed by atoms with Crippen molar-refractivity contribution in [3.05, 3.63) is 57.6 Å². The van der Waals surface area contributed by atoms with Crippen LogP contribution in [-0.4, -0.2) is 14.2 Å². The molecule has 0 bridgehead atoms. The zero-order valence-corrected chi connectivity index (χ0v) is 13.5. The Hall–Kier alpha value is -1.71. The summed E-state index contributed by atoms with van der Waals surface area (Å²) in [4.78, 5) is 0. The van der Waals surface area contributed by atoms with E-state index in [-0.39, 0.29) is 6.04 Å². The van der Waals surface area contributed by atoms with E-state index in [0.29, 0.717) is 16.5 Å². The lowest BCUT2D eigenvalue weighted by molar-refractivity contribution is 0.354. The molecular formula is C17H20ClNO2. The third-order valence-corrected chi connectivity index (χ3v) is 3.86. The molecule has 2 aromatic carbocycles. The maximum absolute atomic E-state index is 6.40. The molecule has 112 valence electrons. The van der Waals surface area contributed by atoms with Crippen LogP contribution in [0.1, 0.15) is 28.3 Å². The molecule has 0 spiro atoms.